The van der Waals surface area contributed by atoms with Crippen LogP contribution in [0.2, 0.25) is 0 Å². The Morgan fingerprint density at radius 2 is 1.91 bits per heavy atom. The highest BCUT2D eigenvalue weighted by atomic mass is 32.2. The van der Waals surface area contributed by atoms with E-state index in [0.717, 1.165) is 16.8 Å². The molecule has 1 amide bonds. The lowest BCUT2D eigenvalue weighted by Crippen LogP contribution is -2.38. The standard InChI is InChI=1S/C31H32N6O5S2/c1-16-8-6-9-20(17(16)2)34-24(39)15-43-31-36-35-30(44-31)37-21-10-7-11-22(38)26(21)25(19(14-32)29(37)33)18-12-13-23(40-3)28(42-5)27(18)41-4/h6,8-9,12-13,25H,7,10-11,15,33H2,1-5H3,(H,34,39). The number of allylic oxidation sites excluding steroid dienone is 3. The number of amides is 1. The Labute approximate surface area is 263 Å². The first-order chi connectivity index (χ1) is 21.2. The Morgan fingerprint density at radius 3 is 2.61 bits per heavy atom. The Kier molecular flexibility index (Phi) is 9.12. The summed E-state index contributed by atoms with van der Waals surface area (Å²) in [4.78, 5) is 27.9. The van der Waals surface area contributed by atoms with Gasteiger partial charge < -0.3 is 25.3 Å². The van der Waals surface area contributed by atoms with E-state index in [0.29, 0.717) is 62.8 Å². The van der Waals surface area contributed by atoms with Crippen LogP contribution in [0.25, 0.3) is 0 Å². The second kappa shape index (κ2) is 13.0. The van der Waals surface area contributed by atoms with E-state index in [1.165, 1.54) is 44.4 Å². The second-order valence-electron chi connectivity index (χ2n) is 10.2. The fourth-order valence-corrected chi connectivity index (χ4v) is 7.20. The summed E-state index contributed by atoms with van der Waals surface area (Å²) in [7, 11) is 4.51. The molecule has 1 aromatic heterocycles. The molecule has 1 aliphatic heterocycles. The van der Waals surface area contributed by atoms with Gasteiger partial charge >= 0.3 is 0 Å². The molecule has 1 atom stereocenters. The van der Waals surface area contributed by atoms with Crippen LogP contribution in [0.4, 0.5) is 10.8 Å². The molecule has 3 aromatic rings. The van der Waals surface area contributed by atoms with E-state index < -0.39 is 5.92 Å². The van der Waals surface area contributed by atoms with Crippen molar-refractivity contribution in [1.82, 2.24) is 10.2 Å². The van der Waals surface area contributed by atoms with Gasteiger partial charge in [-0.2, -0.15) is 5.26 Å². The number of hydrogen-bond acceptors (Lipinski definition) is 12. The number of anilines is 2. The number of nitrogens with two attached hydrogens (primary N) is 1. The van der Waals surface area contributed by atoms with E-state index in [-0.39, 0.29) is 28.8 Å². The molecule has 2 heterocycles. The largest absolute Gasteiger partial charge is 0.493 e. The Hall–Kier alpha value is -4.54. The Morgan fingerprint density at radius 1 is 1.14 bits per heavy atom. The van der Waals surface area contributed by atoms with E-state index in [4.69, 9.17) is 19.9 Å². The van der Waals surface area contributed by atoms with Gasteiger partial charge in [-0.3, -0.25) is 14.5 Å². The molecule has 0 saturated heterocycles. The summed E-state index contributed by atoms with van der Waals surface area (Å²) < 4.78 is 17.3. The van der Waals surface area contributed by atoms with Crippen molar-refractivity contribution in [3.05, 3.63) is 69.7 Å². The molecular weight excluding hydrogens is 601 g/mol. The summed E-state index contributed by atoms with van der Waals surface area (Å²) in [5.41, 5.74) is 11.5. The van der Waals surface area contributed by atoms with Gasteiger partial charge in [-0.1, -0.05) is 41.3 Å². The highest BCUT2D eigenvalue weighted by Crippen LogP contribution is 2.52. The minimum Gasteiger partial charge on any atom is -0.493 e. The summed E-state index contributed by atoms with van der Waals surface area (Å²) in [5.74, 6) is 0.414. The third kappa shape index (κ3) is 5.58. The van der Waals surface area contributed by atoms with Crippen molar-refractivity contribution >= 4 is 45.6 Å². The number of aryl methyl sites for hydroxylation is 1. The maximum Gasteiger partial charge on any atom is 0.234 e. The van der Waals surface area contributed by atoms with Gasteiger partial charge in [0, 0.05) is 28.9 Å². The van der Waals surface area contributed by atoms with E-state index >= 15 is 0 Å². The number of nitrogens with zero attached hydrogens (tertiary/aromatic N) is 4. The fourth-order valence-electron chi connectivity index (χ4n) is 5.52. The van der Waals surface area contributed by atoms with Gasteiger partial charge in [0.05, 0.1) is 44.6 Å². The van der Waals surface area contributed by atoms with E-state index in [9.17, 15) is 14.9 Å². The van der Waals surface area contributed by atoms with Gasteiger partial charge in [-0.15, -0.1) is 10.2 Å². The van der Waals surface area contributed by atoms with Crippen molar-refractivity contribution in [3.8, 4) is 23.3 Å². The molecule has 1 unspecified atom stereocenters. The molecule has 1 aliphatic carbocycles. The topological polar surface area (TPSA) is 153 Å². The van der Waals surface area contributed by atoms with Crippen molar-refractivity contribution in [1.29, 1.82) is 5.26 Å². The molecule has 0 radical (unpaired) electrons. The zero-order valence-corrected chi connectivity index (χ0v) is 26.6. The number of carbonyl (C=O) groups is 2. The number of rotatable bonds is 9. The van der Waals surface area contributed by atoms with Crippen LogP contribution in [0, 0.1) is 25.2 Å². The predicted molar refractivity (Wildman–Crippen MR) is 169 cm³/mol. The second-order valence-corrected chi connectivity index (χ2v) is 12.4. The third-order valence-electron chi connectivity index (χ3n) is 7.75. The minimum absolute atomic E-state index is 0.0828. The molecular formula is C31H32N6O5S2. The summed E-state index contributed by atoms with van der Waals surface area (Å²) in [6, 6.07) is 11.5. The third-order valence-corrected chi connectivity index (χ3v) is 9.79. The van der Waals surface area contributed by atoms with Crippen LogP contribution in [0.1, 0.15) is 41.9 Å². The van der Waals surface area contributed by atoms with Crippen molar-refractivity contribution < 1.29 is 23.8 Å². The first-order valence-electron chi connectivity index (χ1n) is 13.8. The molecule has 0 bridgehead atoms. The molecule has 13 heteroatoms. The van der Waals surface area contributed by atoms with Crippen molar-refractivity contribution in [3.63, 3.8) is 0 Å². The Bertz CT molecular complexity index is 1740. The van der Waals surface area contributed by atoms with E-state index in [1.807, 2.05) is 32.0 Å². The van der Waals surface area contributed by atoms with Gasteiger partial charge in [-0.25, -0.2) is 0 Å². The van der Waals surface area contributed by atoms with E-state index in [2.05, 4.69) is 21.6 Å². The molecule has 2 aliphatic rings. The predicted octanol–water partition coefficient (Wildman–Crippen LogP) is 5.22. The number of ketones is 1. The number of benzene rings is 2. The molecule has 0 fully saturated rings. The molecule has 44 heavy (non-hydrogen) atoms. The lowest BCUT2D eigenvalue weighted by molar-refractivity contribution is -0.116. The molecule has 0 saturated carbocycles. The highest BCUT2D eigenvalue weighted by Gasteiger charge is 2.43. The van der Waals surface area contributed by atoms with Crippen LogP contribution in [0.15, 0.2) is 57.3 Å². The first kappa shape index (κ1) is 30.9. The number of aromatic nitrogens is 2. The number of hydrogen-bond donors (Lipinski definition) is 2. The summed E-state index contributed by atoms with van der Waals surface area (Å²) in [6.45, 7) is 3.96. The molecule has 5 rings (SSSR count). The lowest BCUT2D eigenvalue weighted by atomic mass is 9.75. The smallest absolute Gasteiger partial charge is 0.234 e. The normalized spacial score (nSPS) is 16.4. The fraction of sp³-hybridized carbons (Fsp3) is 0.323. The SMILES string of the molecule is COc1ccc(C2C(C#N)=C(N)N(c3nnc(SCC(=O)Nc4cccc(C)c4C)s3)C3=C2C(=O)CCC3)c(OC)c1OC. The number of ether oxygens (including phenoxy) is 3. The minimum atomic E-state index is -0.774. The van der Waals surface area contributed by atoms with Gasteiger partial charge in [0.2, 0.25) is 16.8 Å². The van der Waals surface area contributed by atoms with Crippen LogP contribution >= 0.6 is 23.1 Å². The van der Waals surface area contributed by atoms with Crippen LogP contribution in [-0.4, -0.2) is 49.0 Å². The van der Waals surface area contributed by atoms with Crippen LogP contribution in [0.3, 0.4) is 0 Å². The average Bonchev–Trinajstić information content (AvgIpc) is 3.49. The number of thioether (sulfide) groups is 1. The number of carbonyl (C=O) groups excluding carboxylic acids is 2. The van der Waals surface area contributed by atoms with E-state index in [1.54, 1.807) is 17.0 Å². The summed E-state index contributed by atoms with van der Waals surface area (Å²) >= 11 is 2.49. The summed E-state index contributed by atoms with van der Waals surface area (Å²) in [5, 5.41) is 22.4. The summed E-state index contributed by atoms with van der Waals surface area (Å²) in [6.07, 6.45) is 1.51. The zero-order chi connectivity index (χ0) is 31.5. The van der Waals surface area contributed by atoms with Crippen LogP contribution in [-0.2, 0) is 9.59 Å². The van der Waals surface area contributed by atoms with Crippen molar-refractivity contribution in [2.45, 2.75) is 43.4 Å². The quantitative estimate of drug-likeness (QED) is 0.299. The zero-order valence-electron chi connectivity index (χ0n) is 25.0. The van der Waals surface area contributed by atoms with Crippen LogP contribution < -0.4 is 30.2 Å². The lowest BCUT2D eigenvalue weighted by Gasteiger charge is -2.38. The number of methoxy groups -OCH3 is 3. The average molecular weight is 633 g/mol. The monoisotopic (exact) mass is 632 g/mol. The van der Waals surface area contributed by atoms with Gasteiger partial charge in [0.25, 0.3) is 0 Å². The number of nitrogens with one attached hydrogen (secondary N) is 1. The van der Waals surface area contributed by atoms with Gasteiger partial charge in [0.15, 0.2) is 21.6 Å². The van der Waals surface area contributed by atoms with Crippen molar-refractivity contribution in [2.24, 2.45) is 5.73 Å². The van der Waals surface area contributed by atoms with Gasteiger partial charge in [0.1, 0.15) is 5.82 Å². The van der Waals surface area contributed by atoms with Crippen molar-refractivity contribution in [2.75, 3.05) is 37.3 Å². The molecule has 228 valence electrons. The maximum atomic E-state index is 13.6. The molecule has 3 N–H and O–H groups in total. The van der Waals surface area contributed by atoms with Gasteiger partial charge in [-0.05, 0) is 49.9 Å². The van der Waals surface area contributed by atoms with Crippen LogP contribution in [0.5, 0.6) is 17.2 Å². The number of nitriles is 1. The highest BCUT2D eigenvalue weighted by molar-refractivity contribution is 8.01. The molecule has 2 aromatic carbocycles. The molecule has 11 nitrogen and oxygen atoms in total. The maximum absolute atomic E-state index is 13.6. The molecule has 0 spiro atoms. The number of Topliss-reactive ketones (excluding diaryl/α,β-unsaturated/α-hetero) is 1. The Balaban J connectivity index is 1.48. The first-order valence-corrected chi connectivity index (χ1v) is 15.6.